The first-order chi connectivity index (χ1) is 15.1. The number of benzene rings is 2. The van der Waals surface area contributed by atoms with E-state index in [1.165, 1.54) is 29.5 Å². The van der Waals surface area contributed by atoms with Gasteiger partial charge in [-0.15, -0.1) is 10.2 Å². The van der Waals surface area contributed by atoms with Crippen LogP contribution in [0.4, 0.5) is 15.2 Å². The zero-order valence-electron chi connectivity index (χ0n) is 17.8. The molecule has 0 saturated heterocycles. The molecule has 0 aliphatic rings. The van der Waals surface area contributed by atoms with E-state index in [9.17, 15) is 17.6 Å². The van der Waals surface area contributed by atoms with Crippen molar-refractivity contribution in [3.63, 3.8) is 0 Å². The summed E-state index contributed by atoms with van der Waals surface area (Å²) in [4.78, 5) is 12.5. The summed E-state index contributed by atoms with van der Waals surface area (Å²) in [5.74, 6) is 0.470. The number of sulfonamides is 1. The number of nitrogens with zero attached hydrogens (tertiary/aromatic N) is 3. The van der Waals surface area contributed by atoms with Gasteiger partial charge in [0.05, 0.1) is 18.5 Å². The van der Waals surface area contributed by atoms with Crippen molar-refractivity contribution in [3.8, 4) is 0 Å². The Hall–Kier alpha value is -2.50. The number of para-hydroxylation sites is 1. The standard InChI is InChI=1S/C21H23FN4O3S3/c1-14(2)13-30-21-25-24-20(31-21)23-19(27)16-10-8-15(9-11-16)12-26(32(3,28)29)18-7-5-4-6-17(18)22/h4-11,14H,12-13H2,1-3H3,(H,23,24,27). The van der Waals surface area contributed by atoms with Crippen LogP contribution in [0, 0.1) is 11.7 Å². The van der Waals surface area contributed by atoms with E-state index in [1.807, 2.05) is 0 Å². The highest BCUT2D eigenvalue weighted by atomic mass is 32.2. The minimum absolute atomic E-state index is 0.0285. The lowest BCUT2D eigenvalue weighted by molar-refractivity contribution is 0.102. The minimum Gasteiger partial charge on any atom is -0.296 e. The monoisotopic (exact) mass is 494 g/mol. The highest BCUT2D eigenvalue weighted by Crippen LogP contribution is 2.27. The molecule has 32 heavy (non-hydrogen) atoms. The van der Waals surface area contributed by atoms with Crippen LogP contribution >= 0.6 is 23.1 Å². The first kappa shape index (κ1) is 24.1. The van der Waals surface area contributed by atoms with E-state index < -0.39 is 15.8 Å². The number of amides is 1. The lowest BCUT2D eigenvalue weighted by atomic mass is 10.1. The summed E-state index contributed by atoms with van der Waals surface area (Å²) in [7, 11) is -3.72. The molecule has 0 fully saturated rings. The molecular weight excluding hydrogens is 471 g/mol. The third-order valence-corrected chi connectivity index (χ3v) is 7.76. The van der Waals surface area contributed by atoms with Gasteiger partial charge in [-0.05, 0) is 35.7 Å². The molecule has 1 aromatic heterocycles. The molecule has 0 unspecified atom stereocenters. The summed E-state index contributed by atoms with van der Waals surface area (Å²) in [6.45, 7) is 4.17. The van der Waals surface area contributed by atoms with Gasteiger partial charge in [-0.3, -0.25) is 14.4 Å². The maximum absolute atomic E-state index is 14.2. The smallest absolute Gasteiger partial charge is 0.257 e. The van der Waals surface area contributed by atoms with Gasteiger partial charge in [0, 0.05) is 11.3 Å². The Morgan fingerprint density at radius 3 is 2.47 bits per heavy atom. The van der Waals surface area contributed by atoms with Gasteiger partial charge in [0.15, 0.2) is 4.34 Å². The molecule has 1 N–H and O–H groups in total. The molecule has 7 nitrogen and oxygen atoms in total. The second kappa shape index (κ2) is 10.4. The van der Waals surface area contributed by atoms with Crippen molar-refractivity contribution < 1.29 is 17.6 Å². The van der Waals surface area contributed by atoms with E-state index in [0.717, 1.165) is 20.7 Å². The highest BCUT2D eigenvalue weighted by Gasteiger charge is 2.21. The number of anilines is 2. The van der Waals surface area contributed by atoms with Crippen molar-refractivity contribution in [1.29, 1.82) is 0 Å². The molecule has 1 heterocycles. The molecule has 0 atom stereocenters. The van der Waals surface area contributed by atoms with E-state index in [4.69, 9.17) is 0 Å². The third kappa shape index (κ3) is 6.50. The van der Waals surface area contributed by atoms with Crippen molar-refractivity contribution in [2.75, 3.05) is 21.6 Å². The Labute approximate surface area is 195 Å². The Morgan fingerprint density at radius 2 is 1.84 bits per heavy atom. The maximum atomic E-state index is 14.2. The van der Waals surface area contributed by atoms with Crippen molar-refractivity contribution in [3.05, 3.63) is 65.5 Å². The molecule has 0 radical (unpaired) electrons. The predicted octanol–water partition coefficient (Wildman–Crippen LogP) is 4.64. The van der Waals surface area contributed by atoms with E-state index in [1.54, 1.807) is 42.1 Å². The number of rotatable bonds is 9. The molecule has 3 rings (SSSR count). The van der Waals surface area contributed by atoms with Crippen LogP contribution in [-0.2, 0) is 16.6 Å². The quantitative estimate of drug-likeness (QED) is 0.344. The Kier molecular flexibility index (Phi) is 7.86. The zero-order valence-corrected chi connectivity index (χ0v) is 20.2. The maximum Gasteiger partial charge on any atom is 0.257 e. The Morgan fingerprint density at radius 1 is 1.16 bits per heavy atom. The van der Waals surface area contributed by atoms with Gasteiger partial charge in [-0.25, -0.2) is 12.8 Å². The van der Waals surface area contributed by atoms with Crippen molar-refractivity contribution in [1.82, 2.24) is 10.2 Å². The van der Waals surface area contributed by atoms with E-state index in [-0.39, 0.29) is 18.1 Å². The molecule has 11 heteroatoms. The molecule has 2 aromatic carbocycles. The lowest BCUT2D eigenvalue weighted by Crippen LogP contribution is -2.30. The summed E-state index contributed by atoms with van der Waals surface area (Å²) < 4.78 is 40.4. The number of nitrogens with one attached hydrogen (secondary N) is 1. The number of carbonyl (C=O) groups is 1. The topological polar surface area (TPSA) is 92.3 Å². The second-order valence-electron chi connectivity index (χ2n) is 7.45. The molecule has 0 spiro atoms. The van der Waals surface area contributed by atoms with Crippen molar-refractivity contribution in [2.45, 2.75) is 24.7 Å². The summed E-state index contributed by atoms with van der Waals surface area (Å²) >= 11 is 2.91. The number of halogens is 1. The third-order valence-electron chi connectivity index (χ3n) is 4.23. The van der Waals surface area contributed by atoms with Gasteiger partial charge < -0.3 is 0 Å². The zero-order chi connectivity index (χ0) is 23.3. The number of hydrogen-bond acceptors (Lipinski definition) is 7. The fourth-order valence-corrected chi connectivity index (χ4v) is 5.30. The SMILES string of the molecule is CC(C)CSc1nnc(NC(=O)c2ccc(CN(c3ccccc3F)S(C)(=O)=O)cc2)s1. The predicted molar refractivity (Wildman–Crippen MR) is 127 cm³/mol. The van der Waals surface area contributed by atoms with E-state index >= 15 is 0 Å². The highest BCUT2D eigenvalue weighted by molar-refractivity contribution is 8.01. The van der Waals surface area contributed by atoms with Crippen LogP contribution in [0.2, 0.25) is 0 Å². The van der Waals surface area contributed by atoms with Crippen LogP contribution in [0.25, 0.3) is 0 Å². The van der Waals surface area contributed by atoms with Crippen LogP contribution in [0.15, 0.2) is 52.9 Å². The minimum atomic E-state index is -3.72. The average molecular weight is 495 g/mol. The molecule has 0 bridgehead atoms. The summed E-state index contributed by atoms with van der Waals surface area (Å²) in [6.07, 6.45) is 1.02. The fourth-order valence-electron chi connectivity index (χ4n) is 2.69. The molecule has 3 aromatic rings. The molecule has 0 aliphatic carbocycles. The molecule has 0 aliphatic heterocycles. The summed E-state index contributed by atoms with van der Waals surface area (Å²) in [5.41, 5.74) is 0.967. The number of hydrogen-bond donors (Lipinski definition) is 1. The van der Waals surface area contributed by atoms with Crippen LogP contribution < -0.4 is 9.62 Å². The van der Waals surface area contributed by atoms with Crippen LogP contribution in [0.5, 0.6) is 0 Å². The first-order valence-corrected chi connectivity index (χ1v) is 13.4. The van der Waals surface area contributed by atoms with Crippen LogP contribution in [0.1, 0.15) is 29.8 Å². The normalized spacial score (nSPS) is 11.5. The number of thioether (sulfide) groups is 1. The average Bonchev–Trinajstić information content (AvgIpc) is 3.18. The van der Waals surface area contributed by atoms with Gasteiger partial charge in [0.25, 0.3) is 5.91 Å². The number of carbonyl (C=O) groups excluding carboxylic acids is 1. The Bertz CT molecular complexity index is 1180. The van der Waals surface area contributed by atoms with Gasteiger partial charge in [0.2, 0.25) is 15.2 Å². The van der Waals surface area contributed by atoms with E-state index in [0.29, 0.717) is 22.2 Å². The van der Waals surface area contributed by atoms with E-state index in [2.05, 4.69) is 29.4 Å². The largest absolute Gasteiger partial charge is 0.296 e. The molecule has 170 valence electrons. The Balaban J connectivity index is 1.69. The molecule has 0 saturated carbocycles. The van der Waals surface area contributed by atoms with Crippen molar-refractivity contribution in [2.24, 2.45) is 5.92 Å². The van der Waals surface area contributed by atoms with Crippen LogP contribution in [0.3, 0.4) is 0 Å². The lowest BCUT2D eigenvalue weighted by Gasteiger charge is -2.23. The molecule has 1 amide bonds. The van der Waals surface area contributed by atoms with Crippen molar-refractivity contribution >= 4 is 49.8 Å². The van der Waals surface area contributed by atoms with Gasteiger partial charge in [-0.1, -0.05) is 61.2 Å². The first-order valence-electron chi connectivity index (χ1n) is 9.72. The van der Waals surface area contributed by atoms with Gasteiger partial charge in [-0.2, -0.15) is 0 Å². The fraction of sp³-hybridized carbons (Fsp3) is 0.286. The number of aromatic nitrogens is 2. The van der Waals surface area contributed by atoms with Gasteiger partial charge >= 0.3 is 0 Å². The van der Waals surface area contributed by atoms with Crippen LogP contribution in [-0.4, -0.2) is 36.5 Å². The molecular formula is C21H23FN4O3S3. The van der Waals surface area contributed by atoms with Gasteiger partial charge in [0.1, 0.15) is 5.82 Å². The summed E-state index contributed by atoms with van der Waals surface area (Å²) in [5, 5.41) is 11.2. The second-order valence-corrected chi connectivity index (χ2v) is 11.6. The summed E-state index contributed by atoms with van der Waals surface area (Å²) in [6, 6.07) is 12.1.